The summed E-state index contributed by atoms with van der Waals surface area (Å²) in [4.78, 5) is 0. The lowest BCUT2D eigenvalue weighted by Gasteiger charge is -2.29. The number of aliphatic hydroxyl groups excluding tert-OH is 2. The molecule has 0 radical (unpaired) electrons. The molecule has 0 saturated heterocycles. The highest BCUT2D eigenvalue weighted by Crippen LogP contribution is 2.28. The molecule has 0 bridgehead atoms. The molecule has 0 heterocycles. The van der Waals surface area contributed by atoms with Crippen molar-refractivity contribution in [2.75, 3.05) is 33.5 Å². The molecule has 0 amide bonds. The smallest absolute Gasteiger partial charge is 0.394 e. The summed E-state index contributed by atoms with van der Waals surface area (Å²) < 4.78 is 17.3. The van der Waals surface area contributed by atoms with Gasteiger partial charge in [0.1, 0.15) is 0 Å². The lowest BCUT2D eigenvalue weighted by molar-refractivity contribution is 0.0493. The number of hydrogen-bond donors (Lipinski definition) is 3. The minimum Gasteiger partial charge on any atom is -0.394 e. The summed E-state index contributed by atoms with van der Waals surface area (Å²) in [5.74, 6) is 0.585. The Kier molecular flexibility index (Phi) is 27.3. The molecule has 36 heavy (non-hydrogen) atoms. The molecule has 6 nitrogen and oxygen atoms in total. The molecule has 0 aromatic heterocycles. The number of nitrogens with two attached hydrogens (primary N) is 1. The summed E-state index contributed by atoms with van der Waals surface area (Å²) in [6.45, 7) is 6.78. The third-order valence-electron chi connectivity index (χ3n) is 6.76. The van der Waals surface area contributed by atoms with Crippen LogP contribution in [-0.2, 0) is 13.3 Å². The van der Waals surface area contributed by atoms with E-state index in [4.69, 9.17) is 29.2 Å². The third-order valence-corrected chi connectivity index (χ3v) is 9.64. The van der Waals surface area contributed by atoms with Crippen LogP contribution < -0.4 is 5.73 Å². The quantitative estimate of drug-likeness (QED) is 0.0744. The predicted octanol–water partition coefficient (Wildman–Crippen LogP) is 7.02. The molecule has 8 heteroatoms. The monoisotopic (exact) mass is 555 g/mol. The molecule has 0 saturated carbocycles. The van der Waals surface area contributed by atoms with Gasteiger partial charge in [0.2, 0.25) is 0 Å². The molecule has 1 atom stereocenters. The van der Waals surface area contributed by atoms with Gasteiger partial charge in [-0.2, -0.15) is 0 Å². The fourth-order valence-electron chi connectivity index (χ4n) is 4.96. The lowest BCUT2D eigenvalue weighted by atomic mass is 9.85. The Morgan fingerprint density at radius 2 is 1.14 bits per heavy atom. The first kappa shape index (κ1) is 38.4. The number of halogens is 1. The van der Waals surface area contributed by atoms with Crippen LogP contribution in [-0.4, -0.2) is 58.1 Å². The van der Waals surface area contributed by atoms with Gasteiger partial charge in [0.15, 0.2) is 0 Å². The SMILES string of the molecule is CCCCCCCCCCCCCCCC(CCC[Si](OC)(OCCO)OCCO)CC(C)(C)N.Cl. The zero-order chi connectivity index (χ0) is 26.3. The molecule has 0 aliphatic heterocycles. The molecule has 0 aliphatic carbocycles. The molecular formula is C28H62ClNO5Si. The summed E-state index contributed by atoms with van der Waals surface area (Å²) in [5, 5.41) is 18.3. The van der Waals surface area contributed by atoms with Gasteiger partial charge >= 0.3 is 8.80 Å². The molecule has 0 fully saturated rings. The van der Waals surface area contributed by atoms with Gasteiger partial charge < -0.3 is 29.2 Å². The van der Waals surface area contributed by atoms with E-state index in [1.807, 2.05) is 0 Å². The van der Waals surface area contributed by atoms with Gasteiger partial charge in [0.05, 0.1) is 26.4 Å². The normalized spacial score (nSPS) is 13.1. The number of hydrogen-bond acceptors (Lipinski definition) is 6. The van der Waals surface area contributed by atoms with Crippen molar-refractivity contribution in [2.45, 2.75) is 142 Å². The maximum atomic E-state index is 9.16. The van der Waals surface area contributed by atoms with Crippen molar-refractivity contribution in [3.63, 3.8) is 0 Å². The number of rotatable bonds is 27. The number of aliphatic hydroxyl groups is 2. The van der Waals surface area contributed by atoms with E-state index in [1.165, 1.54) is 89.9 Å². The molecule has 0 aliphatic rings. The van der Waals surface area contributed by atoms with E-state index < -0.39 is 8.80 Å². The molecule has 0 rings (SSSR count). The van der Waals surface area contributed by atoms with E-state index in [-0.39, 0.29) is 44.4 Å². The van der Waals surface area contributed by atoms with E-state index in [0.29, 0.717) is 12.0 Å². The van der Waals surface area contributed by atoms with Crippen LogP contribution in [0.1, 0.15) is 130 Å². The van der Waals surface area contributed by atoms with Crippen LogP contribution in [0.25, 0.3) is 0 Å². The lowest BCUT2D eigenvalue weighted by Crippen LogP contribution is -2.46. The number of unbranched alkanes of at least 4 members (excludes halogenated alkanes) is 12. The van der Waals surface area contributed by atoms with Crippen molar-refractivity contribution in [1.29, 1.82) is 0 Å². The van der Waals surface area contributed by atoms with Crippen molar-refractivity contribution >= 4 is 21.2 Å². The summed E-state index contributed by atoms with van der Waals surface area (Å²) in [7, 11) is -1.25. The van der Waals surface area contributed by atoms with Crippen LogP contribution in [0, 0.1) is 5.92 Å². The van der Waals surface area contributed by atoms with Crippen LogP contribution in [0.4, 0.5) is 0 Å². The Morgan fingerprint density at radius 3 is 1.53 bits per heavy atom. The van der Waals surface area contributed by atoms with Crippen molar-refractivity contribution in [2.24, 2.45) is 11.7 Å². The van der Waals surface area contributed by atoms with Crippen molar-refractivity contribution in [3.05, 3.63) is 0 Å². The van der Waals surface area contributed by atoms with E-state index in [0.717, 1.165) is 19.3 Å². The van der Waals surface area contributed by atoms with Crippen molar-refractivity contribution in [1.82, 2.24) is 0 Å². The van der Waals surface area contributed by atoms with Gasteiger partial charge in [-0.25, -0.2) is 0 Å². The van der Waals surface area contributed by atoms with Crippen LogP contribution in [0.2, 0.25) is 6.04 Å². The summed E-state index contributed by atoms with van der Waals surface area (Å²) in [6, 6.07) is 0.698. The summed E-state index contributed by atoms with van der Waals surface area (Å²) >= 11 is 0. The average molecular weight is 556 g/mol. The van der Waals surface area contributed by atoms with Gasteiger partial charge in [-0.1, -0.05) is 103 Å². The molecule has 1 unspecified atom stereocenters. The topological polar surface area (TPSA) is 94.2 Å². The van der Waals surface area contributed by atoms with Crippen LogP contribution >= 0.6 is 12.4 Å². The van der Waals surface area contributed by atoms with Gasteiger partial charge in [-0.05, 0) is 32.6 Å². The maximum absolute atomic E-state index is 9.16. The summed E-state index contributed by atoms with van der Waals surface area (Å²) in [5.41, 5.74) is 6.21. The fraction of sp³-hybridized carbons (Fsp3) is 1.00. The predicted molar refractivity (Wildman–Crippen MR) is 157 cm³/mol. The minimum atomic E-state index is -2.86. The first-order valence-corrected chi connectivity index (χ1v) is 16.6. The van der Waals surface area contributed by atoms with E-state index >= 15 is 0 Å². The van der Waals surface area contributed by atoms with Gasteiger partial charge in [0, 0.05) is 18.7 Å². The maximum Gasteiger partial charge on any atom is 0.500 e. The van der Waals surface area contributed by atoms with Crippen molar-refractivity contribution in [3.8, 4) is 0 Å². The van der Waals surface area contributed by atoms with E-state index in [2.05, 4.69) is 20.8 Å². The fourth-order valence-corrected chi connectivity index (χ4v) is 7.21. The van der Waals surface area contributed by atoms with Crippen LogP contribution in [0.3, 0.4) is 0 Å². The second kappa shape index (κ2) is 25.5. The highest BCUT2D eigenvalue weighted by molar-refractivity contribution is 6.60. The Morgan fingerprint density at radius 1 is 0.722 bits per heavy atom. The zero-order valence-corrected chi connectivity index (χ0v) is 26.1. The van der Waals surface area contributed by atoms with E-state index in [1.54, 1.807) is 7.11 Å². The molecule has 0 aromatic rings. The van der Waals surface area contributed by atoms with Gasteiger partial charge in [0.25, 0.3) is 0 Å². The van der Waals surface area contributed by atoms with Crippen LogP contribution in [0.15, 0.2) is 0 Å². The molecular weight excluding hydrogens is 494 g/mol. The van der Waals surface area contributed by atoms with Gasteiger partial charge in [-0.15, -0.1) is 12.4 Å². The summed E-state index contributed by atoms with van der Waals surface area (Å²) in [6.07, 6.45) is 22.2. The highest BCUT2D eigenvalue weighted by Gasteiger charge is 2.39. The molecule has 220 valence electrons. The average Bonchev–Trinajstić information content (AvgIpc) is 2.82. The Balaban J connectivity index is 0. The second-order valence-corrected chi connectivity index (χ2v) is 13.9. The minimum absolute atomic E-state index is 0. The Labute approximate surface area is 231 Å². The first-order chi connectivity index (χ1) is 16.8. The van der Waals surface area contributed by atoms with Crippen LogP contribution in [0.5, 0.6) is 0 Å². The molecule has 0 aromatic carbocycles. The molecule has 0 spiro atoms. The first-order valence-electron chi connectivity index (χ1n) is 14.7. The largest absolute Gasteiger partial charge is 0.500 e. The highest BCUT2D eigenvalue weighted by atomic mass is 35.5. The van der Waals surface area contributed by atoms with Gasteiger partial charge in [-0.3, -0.25) is 0 Å². The Bertz CT molecular complexity index is 446. The molecule has 4 N–H and O–H groups in total. The van der Waals surface area contributed by atoms with E-state index in [9.17, 15) is 0 Å². The third kappa shape index (κ3) is 23.4. The second-order valence-electron chi connectivity index (χ2n) is 11.0. The zero-order valence-electron chi connectivity index (χ0n) is 24.2. The standard InChI is InChI=1S/C28H61NO5Si.ClH/c1-5-6-7-8-9-10-11-12-13-14-15-16-17-19-27(26-28(2,3)29)20-18-25-35(32-4,33-23-21-30)34-24-22-31;/h27,30-31H,5-26,29H2,1-4H3;1H. The Hall–Kier alpha value is 0.267. The van der Waals surface area contributed by atoms with Crippen molar-refractivity contribution < 1.29 is 23.5 Å².